The fourth-order valence-corrected chi connectivity index (χ4v) is 5.12. The van der Waals surface area contributed by atoms with Gasteiger partial charge in [-0.15, -0.1) is 11.3 Å². The van der Waals surface area contributed by atoms with Crippen LogP contribution in [0.2, 0.25) is 5.02 Å². The zero-order valence-electron chi connectivity index (χ0n) is 13.2. The van der Waals surface area contributed by atoms with Crippen molar-refractivity contribution in [3.63, 3.8) is 0 Å². The maximum atomic E-state index is 12.9. The number of hydrogen-bond donors (Lipinski definition) is 1. The molecule has 0 radical (unpaired) electrons. The van der Waals surface area contributed by atoms with Gasteiger partial charge in [-0.3, -0.25) is 4.79 Å². The molecule has 3 rings (SSSR count). The Balaban J connectivity index is 1.96. The van der Waals surface area contributed by atoms with Crippen LogP contribution < -0.4 is 4.72 Å². The summed E-state index contributed by atoms with van der Waals surface area (Å²) in [4.78, 5) is 15.9. The summed E-state index contributed by atoms with van der Waals surface area (Å²) in [6.45, 7) is 2.61. The van der Waals surface area contributed by atoms with Gasteiger partial charge in [0.1, 0.15) is 4.90 Å². The Hall–Kier alpha value is -1.41. The molecule has 0 unspecified atom stereocenters. The van der Waals surface area contributed by atoms with Crippen molar-refractivity contribution in [1.82, 2.24) is 9.62 Å². The monoisotopic (exact) mass is 384 g/mol. The van der Waals surface area contributed by atoms with Crippen molar-refractivity contribution in [2.24, 2.45) is 0 Å². The summed E-state index contributed by atoms with van der Waals surface area (Å²) in [5, 5.41) is 2.13. The number of rotatable bonds is 3. The van der Waals surface area contributed by atoms with E-state index in [0.717, 1.165) is 12.0 Å². The molecular formula is C16H17ClN2O3S2. The van der Waals surface area contributed by atoms with Gasteiger partial charge in [0.25, 0.3) is 5.91 Å². The molecule has 0 spiro atoms. The van der Waals surface area contributed by atoms with Crippen LogP contribution in [-0.4, -0.2) is 32.8 Å². The van der Waals surface area contributed by atoms with E-state index in [4.69, 9.17) is 11.6 Å². The minimum Gasteiger partial charge on any atom is -0.331 e. The number of halogens is 1. The number of carbonyl (C=O) groups excluding carboxylic acids is 1. The zero-order chi connectivity index (χ0) is 17.5. The van der Waals surface area contributed by atoms with Gasteiger partial charge < -0.3 is 4.90 Å². The predicted octanol–water partition coefficient (Wildman–Crippen LogP) is 3.07. The van der Waals surface area contributed by atoms with Crippen molar-refractivity contribution in [3.8, 4) is 0 Å². The van der Waals surface area contributed by atoms with E-state index in [-0.39, 0.29) is 21.9 Å². The molecule has 24 heavy (non-hydrogen) atoms. The summed E-state index contributed by atoms with van der Waals surface area (Å²) >= 11 is 7.69. The van der Waals surface area contributed by atoms with Gasteiger partial charge in [0.05, 0.1) is 11.1 Å². The van der Waals surface area contributed by atoms with Crippen LogP contribution in [0.4, 0.5) is 0 Å². The second-order valence-corrected chi connectivity index (χ2v) is 8.84. The quantitative estimate of drug-likeness (QED) is 0.884. The molecule has 1 atom stereocenters. The maximum Gasteiger partial charge on any atom is 0.254 e. The first-order valence-electron chi connectivity index (χ1n) is 7.45. The van der Waals surface area contributed by atoms with Crippen molar-refractivity contribution in [2.75, 3.05) is 13.6 Å². The van der Waals surface area contributed by atoms with E-state index in [0.29, 0.717) is 12.1 Å². The molecule has 1 N–H and O–H groups in total. The van der Waals surface area contributed by atoms with E-state index in [2.05, 4.69) is 4.72 Å². The van der Waals surface area contributed by atoms with Gasteiger partial charge in [0.15, 0.2) is 0 Å². The highest BCUT2D eigenvalue weighted by Crippen LogP contribution is 2.34. The molecule has 0 saturated carbocycles. The first kappa shape index (κ1) is 17.4. The van der Waals surface area contributed by atoms with Crippen LogP contribution in [0, 0.1) is 0 Å². The number of thiophene rings is 1. The van der Waals surface area contributed by atoms with Crippen LogP contribution in [0.1, 0.15) is 33.8 Å². The molecule has 0 bridgehead atoms. The molecule has 1 aromatic heterocycles. The van der Waals surface area contributed by atoms with Crippen LogP contribution >= 0.6 is 22.9 Å². The first-order valence-corrected chi connectivity index (χ1v) is 10.2. The van der Waals surface area contributed by atoms with Gasteiger partial charge in [-0.25, -0.2) is 13.1 Å². The Kier molecular flexibility index (Phi) is 4.70. The Bertz CT molecular complexity index is 892. The molecule has 1 aliphatic heterocycles. The second-order valence-electron chi connectivity index (χ2n) is 5.58. The summed E-state index contributed by atoms with van der Waals surface area (Å²) in [6.07, 6.45) is 0.818. The number of carbonyl (C=O) groups is 1. The summed E-state index contributed by atoms with van der Waals surface area (Å²) in [5.41, 5.74) is 1.48. The highest BCUT2D eigenvalue weighted by molar-refractivity contribution is 7.89. The number of nitrogens with one attached hydrogen (secondary N) is 1. The summed E-state index contributed by atoms with van der Waals surface area (Å²) in [7, 11) is -2.41. The van der Waals surface area contributed by atoms with Crippen LogP contribution in [0.15, 0.2) is 34.5 Å². The highest BCUT2D eigenvalue weighted by atomic mass is 35.5. The molecule has 1 aliphatic rings. The van der Waals surface area contributed by atoms with Crippen molar-refractivity contribution < 1.29 is 13.2 Å². The minimum atomic E-state index is -3.72. The molecule has 0 saturated heterocycles. The Labute approximate surface area is 150 Å². The summed E-state index contributed by atoms with van der Waals surface area (Å²) in [5.74, 6) is -0.191. The Morgan fingerprint density at radius 2 is 2.12 bits per heavy atom. The molecule has 128 valence electrons. The van der Waals surface area contributed by atoms with Gasteiger partial charge in [-0.2, -0.15) is 0 Å². The average Bonchev–Trinajstić information content (AvgIpc) is 3.04. The standard InChI is InChI=1S/C16H17ClN2O3S2/c1-10-12-6-8-23-14(12)5-7-19(10)16(20)11-3-4-13(17)15(9-11)24(21,22)18-2/h3-4,6,8-10,18H,5,7H2,1-2H3/t10-/m1/s1. The summed E-state index contributed by atoms with van der Waals surface area (Å²) in [6, 6.07) is 6.36. The predicted molar refractivity (Wildman–Crippen MR) is 95.2 cm³/mol. The van der Waals surface area contributed by atoms with Crippen molar-refractivity contribution in [1.29, 1.82) is 0 Å². The lowest BCUT2D eigenvalue weighted by molar-refractivity contribution is 0.0679. The van der Waals surface area contributed by atoms with E-state index in [1.807, 2.05) is 18.4 Å². The Morgan fingerprint density at radius 3 is 2.83 bits per heavy atom. The molecular weight excluding hydrogens is 368 g/mol. The van der Waals surface area contributed by atoms with E-state index < -0.39 is 10.0 Å². The van der Waals surface area contributed by atoms with Gasteiger partial charge in [-0.1, -0.05) is 11.6 Å². The van der Waals surface area contributed by atoms with Gasteiger partial charge in [-0.05, 0) is 55.6 Å². The van der Waals surface area contributed by atoms with Crippen LogP contribution in [0.25, 0.3) is 0 Å². The molecule has 8 heteroatoms. The molecule has 1 amide bonds. The SMILES string of the molecule is CNS(=O)(=O)c1cc(C(=O)N2CCc3sccc3[C@H]2C)ccc1Cl. The fourth-order valence-electron chi connectivity index (χ4n) is 2.91. The van der Waals surface area contributed by atoms with Crippen molar-refractivity contribution >= 4 is 38.9 Å². The molecule has 0 aliphatic carbocycles. The second kappa shape index (κ2) is 6.48. The zero-order valence-corrected chi connectivity index (χ0v) is 15.6. The van der Waals surface area contributed by atoms with E-state index in [1.54, 1.807) is 22.3 Å². The highest BCUT2D eigenvalue weighted by Gasteiger charge is 2.29. The van der Waals surface area contributed by atoms with Gasteiger partial charge in [0.2, 0.25) is 10.0 Å². The lowest BCUT2D eigenvalue weighted by Gasteiger charge is -2.33. The van der Waals surface area contributed by atoms with Crippen LogP contribution in [0.3, 0.4) is 0 Å². The minimum absolute atomic E-state index is 0.0347. The smallest absolute Gasteiger partial charge is 0.254 e. The first-order chi connectivity index (χ1) is 11.3. The van der Waals surface area contributed by atoms with E-state index in [1.165, 1.54) is 24.1 Å². The number of benzene rings is 1. The average molecular weight is 385 g/mol. The molecule has 1 aromatic carbocycles. The third-order valence-corrected chi connectivity index (χ3v) is 7.17. The molecule has 2 heterocycles. The van der Waals surface area contributed by atoms with E-state index >= 15 is 0 Å². The topological polar surface area (TPSA) is 66.5 Å². The lowest BCUT2D eigenvalue weighted by Crippen LogP contribution is -2.38. The summed E-state index contributed by atoms with van der Waals surface area (Å²) < 4.78 is 26.3. The maximum absolute atomic E-state index is 12.9. The largest absolute Gasteiger partial charge is 0.331 e. The number of nitrogens with zero attached hydrogens (tertiary/aromatic N) is 1. The number of hydrogen-bond acceptors (Lipinski definition) is 4. The van der Waals surface area contributed by atoms with Crippen molar-refractivity contribution in [2.45, 2.75) is 24.3 Å². The molecule has 5 nitrogen and oxygen atoms in total. The Morgan fingerprint density at radius 1 is 1.38 bits per heavy atom. The normalized spacial score (nSPS) is 17.6. The number of fused-ring (bicyclic) bond motifs is 1. The number of amides is 1. The third kappa shape index (κ3) is 2.97. The third-order valence-electron chi connectivity index (χ3n) is 4.27. The van der Waals surface area contributed by atoms with Crippen LogP contribution in [-0.2, 0) is 16.4 Å². The van der Waals surface area contributed by atoms with Crippen molar-refractivity contribution in [3.05, 3.63) is 50.7 Å². The lowest BCUT2D eigenvalue weighted by atomic mass is 10.0. The van der Waals surface area contributed by atoms with Gasteiger partial charge >= 0.3 is 0 Å². The molecule has 0 fully saturated rings. The van der Waals surface area contributed by atoms with E-state index in [9.17, 15) is 13.2 Å². The fraction of sp³-hybridized carbons (Fsp3) is 0.312. The van der Waals surface area contributed by atoms with Crippen LogP contribution in [0.5, 0.6) is 0 Å². The number of sulfonamides is 1. The molecule has 2 aromatic rings. The van der Waals surface area contributed by atoms with Gasteiger partial charge in [0, 0.05) is 17.0 Å².